The lowest BCUT2D eigenvalue weighted by Gasteiger charge is -2.41. The van der Waals surface area contributed by atoms with Crippen molar-refractivity contribution in [2.45, 2.75) is 38.5 Å². The van der Waals surface area contributed by atoms with Crippen LogP contribution in [0.25, 0.3) is 0 Å². The number of cyclic esters (lactones) is 4. The SMILES string of the molecule is O=C1OC(=O)[C@@H]2[C@H]1[C@@H]1C[C@H]2[C@@]2(CC[C@]3(CC4C[C@@H]3[C@@H]3C(=O)OC(=O)[C@H]43)C2=O)C1. The second kappa shape index (κ2) is 4.41. The van der Waals surface area contributed by atoms with Crippen molar-refractivity contribution in [1.82, 2.24) is 0 Å². The van der Waals surface area contributed by atoms with Crippen LogP contribution in [-0.2, 0) is 33.4 Å². The van der Waals surface area contributed by atoms with E-state index in [1.165, 1.54) is 0 Å². The molecule has 7 aliphatic rings. The second-order valence-corrected chi connectivity index (χ2v) is 10.3. The zero-order valence-corrected chi connectivity index (χ0v) is 15.2. The molecule has 5 aliphatic carbocycles. The third-order valence-corrected chi connectivity index (χ3v) is 9.85. The molecular formula is C21H20O7. The molecule has 7 nitrogen and oxygen atoms in total. The van der Waals surface area contributed by atoms with Crippen LogP contribution in [0, 0.1) is 58.2 Å². The highest BCUT2D eigenvalue weighted by Crippen LogP contribution is 2.75. The van der Waals surface area contributed by atoms with Gasteiger partial charge in [0, 0.05) is 10.8 Å². The highest BCUT2D eigenvalue weighted by Gasteiger charge is 2.78. The predicted molar refractivity (Wildman–Crippen MR) is 87.7 cm³/mol. The van der Waals surface area contributed by atoms with Gasteiger partial charge in [0.15, 0.2) is 0 Å². The van der Waals surface area contributed by atoms with Gasteiger partial charge in [0.05, 0.1) is 23.7 Å². The highest BCUT2D eigenvalue weighted by atomic mass is 16.6. The van der Waals surface area contributed by atoms with E-state index in [-0.39, 0.29) is 41.3 Å². The first-order valence-corrected chi connectivity index (χ1v) is 10.4. The smallest absolute Gasteiger partial charge is 0.317 e. The number of ketones is 1. The van der Waals surface area contributed by atoms with Gasteiger partial charge in [-0.1, -0.05) is 0 Å². The van der Waals surface area contributed by atoms with Crippen LogP contribution >= 0.6 is 0 Å². The Labute approximate surface area is 160 Å². The van der Waals surface area contributed by atoms with Crippen molar-refractivity contribution in [2.75, 3.05) is 0 Å². The fourth-order valence-corrected chi connectivity index (χ4v) is 9.16. The summed E-state index contributed by atoms with van der Waals surface area (Å²) in [5.41, 5.74) is -1.11. The van der Waals surface area contributed by atoms with Gasteiger partial charge < -0.3 is 9.47 Å². The minimum absolute atomic E-state index is 0.0532. The number of carbonyl (C=O) groups excluding carboxylic acids is 5. The molecule has 28 heavy (non-hydrogen) atoms. The number of carbonyl (C=O) groups is 5. The van der Waals surface area contributed by atoms with Crippen molar-refractivity contribution >= 4 is 29.7 Å². The van der Waals surface area contributed by atoms with E-state index >= 15 is 0 Å². The van der Waals surface area contributed by atoms with Crippen LogP contribution in [-0.4, -0.2) is 29.7 Å². The van der Waals surface area contributed by atoms with Gasteiger partial charge >= 0.3 is 23.9 Å². The summed E-state index contributed by atoms with van der Waals surface area (Å²) in [4.78, 5) is 62.8. The summed E-state index contributed by atoms with van der Waals surface area (Å²) < 4.78 is 9.82. The predicted octanol–water partition coefficient (Wildman–Crippen LogP) is 1.03. The lowest BCUT2D eigenvalue weighted by Crippen LogP contribution is -2.48. The molecule has 5 saturated carbocycles. The van der Waals surface area contributed by atoms with Crippen LogP contribution in [0.1, 0.15) is 38.5 Å². The molecule has 0 aromatic carbocycles. The summed E-state index contributed by atoms with van der Waals surface area (Å²) in [6.45, 7) is 0. The molecule has 10 atom stereocenters. The molecule has 2 heterocycles. The van der Waals surface area contributed by atoms with E-state index in [2.05, 4.69) is 0 Å². The summed E-state index contributed by atoms with van der Waals surface area (Å²) in [6, 6.07) is 0. The van der Waals surface area contributed by atoms with Gasteiger partial charge in [0.25, 0.3) is 0 Å². The normalized spacial score (nSPS) is 57.6. The summed E-state index contributed by atoms with van der Waals surface area (Å²) >= 11 is 0. The van der Waals surface area contributed by atoms with Gasteiger partial charge in [0.1, 0.15) is 5.78 Å². The number of hydrogen-bond donors (Lipinski definition) is 0. The van der Waals surface area contributed by atoms with E-state index in [0.717, 1.165) is 25.7 Å². The zero-order chi connectivity index (χ0) is 19.2. The average Bonchev–Trinajstić information content (AvgIpc) is 3.46. The van der Waals surface area contributed by atoms with E-state index in [1.54, 1.807) is 0 Å². The van der Waals surface area contributed by atoms with E-state index in [9.17, 15) is 24.0 Å². The third-order valence-electron chi connectivity index (χ3n) is 9.85. The van der Waals surface area contributed by atoms with Gasteiger partial charge in [-0.2, -0.15) is 0 Å². The van der Waals surface area contributed by atoms with Crippen molar-refractivity contribution < 1.29 is 33.4 Å². The molecule has 0 N–H and O–H groups in total. The molecular weight excluding hydrogens is 364 g/mol. The summed E-state index contributed by atoms with van der Waals surface area (Å²) in [5.74, 6) is -3.28. The largest absolute Gasteiger partial charge is 0.393 e. The molecule has 0 aromatic heterocycles. The fourth-order valence-electron chi connectivity index (χ4n) is 9.16. The standard InChI is InChI=1S/C21H20O7/c22-15-11-7-3-9(13(11)17(24)27-15)20(5-7)1-2-21(19(20)26)6-8-4-10(21)14-12(8)16(23)28-18(14)25/h7-14H,1-6H2/t7-,8?,9-,10-,11-,12-,13+,14+,20-,21-/m1/s1. The first-order valence-electron chi connectivity index (χ1n) is 10.4. The first kappa shape index (κ1) is 15.8. The second-order valence-electron chi connectivity index (χ2n) is 10.3. The van der Waals surface area contributed by atoms with Gasteiger partial charge in [-0.3, -0.25) is 24.0 Å². The topological polar surface area (TPSA) is 104 Å². The molecule has 2 aliphatic heterocycles. The molecule has 7 fully saturated rings. The number of hydrogen-bond acceptors (Lipinski definition) is 7. The van der Waals surface area contributed by atoms with Gasteiger partial charge in [-0.25, -0.2) is 0 Å². The Hall–Kier alpha value is -2.05. The van der Waals surface area contributed by atoms with Crippen LogP contribution in [0.3, 0.4) is 0 Å². The maximum Gasteiger partial charge on any atom is 0.317 e. The van der Waals surface area contributed by atoms with Crippen molar-refractivity contribution in [3.8, 4) is 0 Å². The molecule has 0 radical (unpaired) electrons. The van der Waals surface area contributed by atoms with Gasteiger partial charge in [-0.05, 0) is 62.2 Å². The monoisotopic (exact) mass is 384 g/mol. The number of Topliss-reactive ketones (excluding diaryl/α,β-unsaturated/α-hetero) is 1. The van der Waals surface area contributed by atoms with Gasteiger partial charge in [-0.15, -0.1) is 0 Å². The van der Waals surface area contributed by atoms with Crippen LogP contribution in [0.15, 0.2) is 0 Å². The minimum Gasteiger partial charge on any atom is -0.393 e. The third kappa shape index (κ3) is 1.40. The molecule has 7 rings (SSSR count). The van der Waals surface area contributed by atoms with E-state index < -0.39 is 46.5 Å². The highest BCUT2D eigenvalue weighted by molar-refractivity contribution is 6.02. The summed E-state index contributed by atoms with van der Waals surface area (Å²) in [6.07, 6.45) is 4.27. The zero-order valence-electron chi connectivity index (χ0n) is 15.2. The Kier molecular flexibility index (Phi) is 2.49. The Morgan fingerprint density at radius 2 is 1.00 bits per heavy atom. The summed E-state index contributed by atoms with van der Waals surface area (Å²) in [7, 11) is 0. The lowest BCUT2D eigenvalue weighted by atomic mass is 9.58. The van der Waals surface area contributed by atoms with E-state index in [1.807, 2.05) is 0 Å². The quantitative estimate of drug-likeness (QED) is 0.454. The number of ether oxygens (including phenoxy) is 2. The molecule has 2 saturated heterocycles. The first-order chi connectivity index (χ1) is 13.4. The molecule has 0 aromatic rings. The van der Waals surface area contributed by atoms with Crippen LogP contribution < -0.4 is 0 Å². The van der Waals surface area contributed by atoms with Gasteiger partial charge in [0.2, 0.25) is 0 Å². The maximum atomic E-state index is 14.0. The molecule has 2 spiro atoms. The van der Waals surface area contributed by atoms with Crippen molar-refractivity contribution in [1.29, 1.82) is 0 Å². The molecule has 7 heteroatoms. The summed E-state index contributed by atoms with van der Waals surface area (Å²) in [5, 5.41) is 0. The number of fused-ring (bicyclic) bond motifs is 12. The van der Waals surface area contributed by atoms with Crippen LogP contribution in [0.2, 0.25) is 0 Å². The molecule has 1 unspecified atom stereocenters. The van der Waals surface area contributed by atoms with E-state index in [0.29, 0.717) is 12.8 Å². The number of esters is 4. The van der Waals surface area contributed by atoms with Crippen molar-refractivity contribution in [2.24, 2.45) is 58.2 Å². The Morgan fingerprint density at radius 3 is 1.43 bits per heavy atom. The van der Waals surface area contributed by atoms with E-state index in [4.69, 9.17) is 9.47 Å². The lowest BCUT2D eigenvalue weighted by molar-refractivity contribution is -0.156. The van der Waals surface area contributed by atoms with Crippen molar-refractivity contribution in [3.63, 3.8) is 0 Å². The number of rotatable bonds is 0. The molecule has 146 valence electrons. The average molecular weight is 384 g/mol. The Morgan fingerprint density at radius 1 is 0.607 bits per heavy atom. The minimum atomic E-state index is -0.554. The Bertz CT molecular complexity index is 850. The van der Waals surface area contributed by atoms with Crippen LogP contribution in [0.4, 0.5) is 0 Å². The maximum absolute atomic E-state index is 14.0. The van der Waals surface area contributed by atoms with Crippen LogP contribution in [0.5, 0.6) is 0 Å². The van der Waals surface area contributed by atoms with Crippen molar-refractivity contribution in [3.05, 3.63) is 0 Å². The molecule has 0 amide bonds. The Balaban J connectivity index is 1.27. The molecule has 4 bridgehead atoms. The fraction of sp³-hybridized carbons (Fsp3) is 0.762.